The van der Waals surface area contributed by atoms with Gasteiger partial charge in [0, 0.05) is 0 Å². The highest BCUT2D eigenvalue weighted by Gasteiger charge is 2.49. The van der Waals surface area contributed by atoms with E-state index in [0.29, 0.717) is 0 Å². The van der Waals surface area contributed by atoms with Crippen LogP contribution in [-0.2, 0) is 9.13 Å². The molecule has 8 nitrogen and oxygen atoms in total. The zero-order chi connectivity index (χ0) is 12.4. The maximum absolute atomic E-state index is 10.8. The van der Waals surface area contributed by atoms with Gasteiger partial charge < -0.3 is 24.7 Å². The van der Waals surface area contributed by atoms with E-state index in [1.54, 1.807) is 0 Å². The number of halogens is 1. The fourth-order valence-electron chi connectivity index (χ4n) is 0.812. The van der Waals surface area contributed by atoms with E-state index in [-0.39, 0.29) is 10.8 Å². The van der Waals surface area contributed by atoms with E-state index in [9.17, 15) is 9.13 Å². The molecule has 0 spiro atoms. The van der Waals surface area contributed by atoms with E-state index in [1.807, 2.05) is 0 Å². The van der Waals surface area contributed by atoms with Gasteiger partial charge in [0.05, 0.1) is 0 Å². The topological polar surface area (TPSA) is 139 Å². The van der Waals surface area contributed by atoms with E-state index in [0.717, 1.165) is 0 Å². The first kappa shape index (κ1) is 15.5. The van der Waals surface area contributed by atoms with Gasteiger partial charge in [-0.05, 0) is 18.2 Å². The summed E-state index contributed by atoms with van der Waals surface area (Å²) >= 11 is 5.27. The van der Waals surface area contributed by atoms with Crippen molar-refractivity contribution in [3.05, 3.63) is 0 Å². The minimum absolute atomic E-state index is 0.0417. The van der Waals surface area contributed by atoms with E-state index in [1.165, 1.54) is 6.92 Å². The number of hydrogen-bond acceptors (Lipinski definition) is 4. The molecule has 0 heterocycles. The third kappa shape index (κ3) is 4.48. The molecule has 0 aliphatic carbocycles. The fraction of sp³-hybridized carbons (Fsp3) is 1.00. The molecule has 0 aliphatic heterocycles. The monoisotopic (exact) mass is 283 g/mol. The second-order valence-corrected chi connectivity index (χ2v) is 6.89. The van der Waals surface area contributed by atoms with Crippen LogP contribution in [0.5, 0.6) is 0 Å². The first-order valence-electron chi connectivity index (χ1n) is 3.74. The molecule has 92 valence electrons. The maximum atomic E-state index is 10.8. The van der Waals surface area contributed by atoms with Crippen LogP contribution in [0.25, 0.3) is 0 Å². The van der Waals surface area contributed by atoms with Crippen molar-refractivity contribution < 1.29 is 33.8 Å². The zero-order valence-corrected chi connectivity index (χ0v) is 10.2. The Bertz CT molecular complexity index is 277. The van der Waals surface area contributed by atoms with Crippen LogP contribution in [0.3, 0.4) is 0 Å². The summed E-state index contributed by atoms with van der Waals surface area (Å²) in [6, 6.07) is 0. The average Bonchev–Trinajstić information content (AvgIpc) is 1.97. The summed E-state index contributed by atoms with van der Waals surface area (Å²) in [5.41, 5.74) is -2.54. The molecular weight excluding hydrogens is 271 g/mol. The van der Waals surface area contributed by atoms with Gasteiger partial charge in [-0.1, -0.05) is 6.92 Å². The number of rotatable bonds is 5. The summed E-state index contributed by atoms with van der Waals surface area (Å²) in [5.74, 6) is 0. The Hall–Kier alpha value is 0.510. The van der Waals surface area contributed by atoms with Gasteiger partial charge >= 0.3 is 15.2 Å². The highest BCUT2D eigenvalue weighted by Crippen LogP contribution is 2.61. The van der Waals surface area contributed by atoms with Crippen LogP contribution in [-0.4, -0.2) is 40.9 Å². The summed E-state index contributed by atoms with van der Waals surface area (Å²) in [6.45, 7) is 1.43. The van der Waals surface area contributed by atoms with Crippen LogP contribution in [0, 0.1) is 0 Å². The third-order valence-corrected chi connectivity index (χ3v) is 5.67. The van der Waals surface area contributed by atoms with E-state index in [4.69, 9.17) is 36.5 Å². The molecule has 1 atom stereocenters. The van der Waals surface area contributed by atoms with Crippen molar-refractivity contribution >= 4 is 27.0 Å². The predicted molar refractivity (Wildman–Crippen MR) is 51.9 cm³/mol. The lowest BCUT2D eigenvalue weighted by atomic mass is 10.4. The lowest BCUT2D eigenvalue weighted by molar-refractivity contribution is 0.0567. The minimum Gasteiger partial charge on any atom is -0.377 e. The molecule has 0 aromatic heterocycles. The minimum atomic E-state index is -5.15. The van der Waals surface area contributed by atoms with Crippen LogP contribution in [0.4, 0.5) is 0 Å². The van der Waals surface area contributed by atoms with Crippen LogP contribution in [0.2, 0.25) is 0 Å². The van der Waals surface area contributed by atoms with E-state index < -0.39 is 26.9 Å². The zero-order valence-electron chi connectivity index (χ0n) is 7.63. The van der Waals surface area contributed by atoms with Gasteiger partial charge in [-0.25, -0.2) is 0 Å². The van der Waals surface area contributed by atoms with Crippen molar-refractivity contribution in [3.63, 3.8) is 0 Å². The highest BCUT2D eigenvalue weighted by atomic mass is 35.5. The molecule has 0 aliphatic rings. The SMILES string of the molecule is CCC(O)N(Cl)C(P(=O)(O)O)P(=O)(O)O. The Labute approximate surface area is 90.9 Å². The summed E-state index contributed by atoms with van der Waals surface area (Å²) in [4.78, 5) is 34.8. The summed E-state index contributed by atoms with van der Waals surface area (Å²) in [7, 11) is -10.3. The standard InChI is InChI=1S/C4H12ClNO7P2/c1-2-3(7)6(5)4(14(8,9)10)15(11,12)13/h3-4,7H,2H2,1H3,(H2,8,9,10)(H2,11,12,13). The Morgan fingerprint density at radius 2 is 1.53 bits per heavy atom. The number of hydrogen-bond donors (Lipinski definition) is 5. The van der Waals surface area contributed by atoms with Gasteiger partial charge in [0.25, 0.3) is 0 Å². The molecule has 0 saturated carbocycles. The van der Waals surface area contributed by atoms with Crippen molar-refractivity contribution in [2.75, 3.05) is 0 Å². The molecule has 0 rings (SSSR count). The number of nitrogens with zero attached hydrogens (tertiary/aromatic N) is 1. The quantitative estimate of drug-likeness (QED) is 0.266. The van der Waals surface area contributed by atoms with E-state index >= 15 is 0 Å². The summed E-state index contributed by atoms with van der Waals surface area (Å²) in [6.07, 6.45) is -1.60. The molecule has 0 bridgehead atoms. The molecule has 0 amide bonds. The smallest absolute Gasteiger partial charge is 0.356 e. The molecule has 1 unspecified atom stereocenters. The van der Waals surface area contributed by atoms with E-state index in [2.05, 4.69) is 0 Å². The van der Waals surface area contributed by atoms with Gasteiger partial charge in [-0.3, -0.25) is 9.13 Å². The molecule has 15 heavy (non-hydrogen) atoms. The molecule has 0 fully saturated rings. The number of aliphatic hydroxyl groups is 1. The Balaban J connectivity index is 5.15. The molecule has 0 saturated heterocycles. The molecule has 5 N–H and O–H groups in total. The molecule has 0 aromatic carbocycles. The Morgan fingerprint density at radius 1 is 1.20 bits per heavy atom. The van der Waals surface area contributed by atoms with Crippen molar-refractivity contribution in [2.45, 2.75) is 25.1 Å². The Kier molecular flexibility index (Phi) is 5.40. The first-order chi connectivity index (χ1) is 6.51. The highest BCUT2D eigenvalue weighted by molar-refractivity contribution is 7.70. The van der Waals surface area contributed by atoms with Crippen molar-refractivity contribution in [2.24, 2.45) is 0 Å². The fourth-order valence-corrected chi connectivity index (χ4v) is 4.08. The average molecular weight is 284 g/mol. The normalized spacial score (nSPS) is 16.1. The lowest BCUT2D eigenvalue weighted by Crippen LogP contribution is -2.35. The maximum Gasteiger partial charge on any atom is 0.356 e. The lowest BCUT2D eigenvalue weighted by Gasteiger charge is -2.29. The second-order valence-electron chi connectivity index (χ2n) is 2.76. The molecular formula is C4H12ClNO7P2. The largest absolute Gasteiger partial charge is 0.377 e. The second kappa shape index (κ2) is 5.23. The van der Waals surface area contributed by atoms with Gasteiger partial charge in [0.15, 0.2) is 0 Å². The van der Waals surface area contributed by atoms with Crippen molar-refractivity contribution in [1.82, 2.24) is 4.42 Å². The van der Waals surface area contributed by atoms with Crippen LogP contribution in [0.1, 0.15) is 13.3 Å². The number of aliphatic hydroxyl groups excluding tert-OH is 1. The first-order valence-corrected chi connectivity index (χ1v) is 7.44. The predicted octanol–water partition coefficient (Wildman–Crippen LogP) is -0.190. The Morgan fingerprint density at radius 3 is 1.73 bits per heavy atom. The van der Waals surface area contributed by atoms with Gasteiger partial charge in [-0.2, -0.15) is 4.42 Å². The van der Waals surface area contributed by atoms with Gasteiger partial charge in [0.2, 0.25) is 5.52 Å². The molecule has 0 radical (unpaired) electrons. The van der Waals surface area contributed by atoms with Crippen LogP contribution >= 0.6 is 27.0 Å². The molecule has 0 aromatic rings. The van der Waals surface area contributed by atoms with Crippen LogP contribution in [0.15, 0.2) is 0 Å². The summed E-state index contributed by atoms with van der Waals surface area (Å²) in [5, 5.41) is 9.13. The van der Waals surface area contributed by atoms with Crippen LogP contribution < -0.4 is 0 Å². The summed E-state index contributed by atoms with van der Waals surface area (Å²) < 4.78 is 21.7. The van der Waals surface area contributed by atoms with Crippen molar-refractivity contribution in [3.8, 4) is 0 Å². The van der Waals surface area contributed by atoms with Crippen molar-refractivity contribution in [1.29, 1.82) is 0 Å². The van der Waals surface area contributed by atoms with Gasteiger partial charge in [0.1, 0.15) is 6.23 Å². The van der Waals surface area contributed by atoms with Gasteiger partial charge in [-0.15, -0.1) is 0 Å². The molecule has 11 heteroatoms. The third-order valence-electron chi connectivity index (χ3n) is 1.47.